The molecule has 0 bridgehead atoms. The highest BCUT2D eigenvalue weighted by Crippen LogP contribution is 2.14. The topological polar surface area (TPSA) is 80.2 Å². The van der Waals surface area contributed by atoms with Gasteiger partial charge in [0, 0.05) is 47.0 Å². The molecule has 158 valence electrons. The van der Waals surface area contributed by atoms with E-state index in [1.54, 1.807) is 38.4 Å². The average molecular weight is 412 g/mol. The summed E-state index contributed by atoms with van der Waals surface area (Å²) in [5, 5.41) is 3.29. The Morgan fingerprint density at radius 2 is 1.89 bits per heavy atom. The molecular formula is C20H33N3O4S. The molecule has 0 radical (unpaired) electrons. The number of aliphatic imine (C=N–C) groups is 1. The van der Waals surface area contributed by atoms with E-state index in [1.807, 2.05) is 6.07 Å². The number of guanidine groups is 1. The van der Waals surface area contributed by atoms with E-state index in [0.29, 0.717) is 24.0 Å². The van der Waals surface area contributed by atoms with E-state index >= 15 is 0 Å². The lowest BCUT2D eigenvalue weighted by molar-refractivity contribution is 0.00991. The number of rotatable bonds is 10. The Labute approximate surface area is 169 Å². The highest BCUT2D eigenvalue weighted by molar-refractivity contribution is 7.91. The fourth-order valence-electron chi connectivity index (χ4n) is 3.23. The molecule has 0 unspecified atom stereocenters. The maximum absolute atomic E-state index is 12.3. The van der Waals surface area contributed by atoms with E-state index in [4.69, 9.17) is 9.47 Å². The zero-order valence-electron chi connectivity index (χ0n) is 17.0. The van der Waals surface area contributed by atoms with Crippen molar-refractivity contribution >= 4 is 15.8 Å². The van der Waals surface area contributed by atoms with E-state index < -0.39 is 9.84 Å². The minimum Gasteiger partial charge on any atom is -0.385 e. The predicted molar refractivity (Wildman–Crippen MR) is 112 cm³/mol. The predicted octanol–water partition coefficient (Wildman–Crippen LogP) is 1.94. The number of nitrogens with one attached hydrogen (secondary N) is 1. The Morgan fingerprint density at radius 3 is 2.54 bits per heavy atom. The average Bonchev–Trinajstić information content (AvgIpc) is 2.72. The van der Waals surface area contributed by atoms with Crippen LogP contribution in [-0.2, 0) is 19.3 Å². The molecule has 1 aromatic rings. The molecular weight excluding hydrogens is 378 g/mol. The second kappa shape index (κ2) is 12.0. The van der Waals surface area contributed by atoms with Gasteiger partial charge in [-0.15, -0.1) is 0 Å². The number of ether oxygens (including phenoxy) is 2. The summed E-state index contributed by atoms with van der Waals surface area (Å²) in [4.78, 5) is 6.93. The van der Waals surface area contributed by atoms with Gasteiger partial charge in [0.05, 0.1) is 16.8 Å². The Bertz CT molecular complexity index is 687. The van der Waals surface area contributed by atoms with Gasteiger partial charge in [0.25, 0.3) is 0 Å². The molecule has 0 spiro atoms. The quantitative estimate of drug-likeness (QED) is 0.360. The minimum absolute atomic E-state index is 0.123. The van der Waals surface area contributed by atoms with Crippen LogP contribution in [0.1, 0.15) is 25.7 Å². The number of likely N-dealkylation sites (tertiary alicyclic amines) is 1. The van der Waals surface area contributed by atoms with Crippen LogP contribution in [0.25, 0.3) is 0 Å². The molecule has 1 saturated heterocycles. The van der Waals surface area contributed by atoms with Crippen LogP contribution < -0.4 is 5.32 Å². The van der Waals surface area contributed by atoms with Crippen LogP contribution in [0.3, 0.4) is 0 Å². The zero-order chi connectivity index (χ0) is 20.2. The molecule has 7 nitrogen and oxygen atoms in total. The van der Waals surface area contributed by atoms with E-state index in [2.05, 4.69) is 15.2 Å². The van der Waals surface area contributed by atoms with Crippen LogP contribution in [0.4, 0.5) is 0 Å². The third kappa shape index (κ3) is 7.41. The second-order valence-electron chi connectivity index (χ2n) is 6.86. The number of sulfone groups is 1. The Hall–Kier alpha value is -1.64. The van der Waals surface area contributed by atoms with Crippen LogP contribution in [-0.4, -0.2) is 78.1 Å². The third-order valence-corrected chi connectivity index (χ3v) is 6.59. The molecule has 1 heterocycles. The van der Waals surface area contributed by atoms with Crippen LogP contribution in [0.2, 0.25) is 0 Å². The summed E-state index contributed by atoms with van der Waals surface area (Å²) in [6.07, 6.45) is 3.69. The Morgan fingerprint density at radius 1 is 1.18 bits per heavy atom. The molecule has 1 fully saturated rings. The van der Waals surface area contributed by atoms with E-state index in [-0.39, 0.29) is 5.75 Å². The number of hydrogen-bond donors (Lipinski definition) is 1. The molecule has 1 aliphatic rings. The number of piperidine rings is 1. The lowest BCUT2D eigenvalue weighted by Crippen LogP contribution is -2.47. The molecule has 2 rings (SSSR count). The van der Waals surface area contributed by atoms with Gasteiger partial charge in [0.2, 0.25) is 0 Å². The van der Waals surface area contributed by atoms with Gasteiger partial charge in [-0.1, -0.05) is 18.2 Å². The maximum Gasteiger partial charge on any atom is 0.193 e. The number of methoxy groups -OCH3 is 1. The molecule has 0 saturated carbocycles. The maximum atomic E-state index is 12.3. The number of hydrogen-bond acceptors (Lipinski definition) is 5. The fraction of sp³-hybridized carbons (Fsp3) is 0.650. The van der Waals surface area contributed by atoms with Crippen molar-refractivity contribution in [2.24, 2.45) is 4.99 Å². The van der Waals surface area contributed by atoms with Crippen molar-refractivity contribution in [2.45, 2.75) is 36.7 Å². The van der Waals surface area contributed by atoms with Crippen molar-refractivity contribution < 1.29 is 17.9 Å². The van der Waals surface area contributed by atoms with Gasteiger partial charge in [-0.05, 0) is 37.8 Å². The first-order chi connectivity index (χ1) is 13.6. The zero-order valence-corrected chi connectivity index (χ0v) is 17.8. The standard InChI is InChI=1S/C20H33N3O4S/c1-21-20(23-13-10-18(11-14-23)27-16-7-15-26-2)22-12-6-17-28(24,25)19-8-4-3-5-9-19/h3-5,8-9,18H,6-7,10-17H2,1-2H3,(H,21,22). The van der Waals surface area contributed by atoms with Crippen LogP contribution >= 0.6 is 0 Å². The highest BCUT2D eigenvalue weighted by atomic mass is 32.2. The molecule has 0 amide bonds. The monoisotopic (exact) mass is 411 g/mol. The first-order valence-electron chi connectivity index (χ1n) is 9.91. The summed E-state index contributed by atoms with van der Waals surface area (Å²) < 4.78 is 35.6. The summed E-state index contributed by atoms with van der Waals surface area (Å²) in [5.41, 5.74) is 0. The fourth-order valence-corrected chi connectivity index (χ4v) is 4.56. The Balaban J connectivity index is 1.68. The molecule has 0 aromatic heterocycles. The number of benzene rings is 1. The lowest BCUT2D eigenvalue weighted by atomic mass is 10.1. The third-order valence-electron chi connectivity index (χ3n) is 4.77. The molecule has 1 aromatic carbocycles. The normalized spacial score (nSPS) is 16.4. The SMILES string of the molecule is CN=C(NCCCS(=O)(=O)c1ccccc1)N1CCC(OCCCOC)CC1. The van der Waals surface area contributed by atoms with Crippen molar-refractivity contribution in [1.29, 1.82) is 0 Å². The number of nitrogens with zero attached hydrogens (tertiary/aromatic N) is 2. The van der Waals surface area contributed by atoms with Gasteiger partial charge in [-0.25, -0.2) is 8.42 Å². The minimum atomic E-state index is -3.23. The van der Waals surface area contributed by atoms with Gasteiger partial charge in [-0.3, -0.25) is 4.99 Å². The van der Waals surface area contributed by atoms with Crippen molar-refractivity contribution in [3.05, 3.63) is 30.3 Å². The van der Waals surface area contributed by atoms with Crippen molar-refractivity contribution in [1.82, 2.24) is 10.2 Å². The van der Waals surface area contributed by atoms with Crippen molar-refractivity contribution in [3.63, 3.8) is 0 Å². The largest absolute Gasteiger partial charge is 0.385 e. The van der Waals surface area contributed by atoms with Crippen LogP contribution in [0.15, 0.2) is 40.2 Å². The van der Waals surface area contributed by atoms with Crippen molar-refractivity contribution in [3.8, 4) is 0 Å². The molecule has 28 heavy (non-hydrogen) atoms. The van der Waals surface area contributed by atoms with Crippen LogP contribution in [0.5, 0.6) is 0 Å². The second-order valence-corrected chi connectivity index (χ2v) is 8.97. The molecule has 0 atom stereocenters. The van der Waals surface area contributed by atoms with Gasteiger partial charge in [0.1, 0.15) is 0 Å². The Kier molecular flexibility index (Phi) is 9.73. The van der Waals surface area contributed by atoms with Gasteiger partial charge < -0.3 is 19.7 Å². The summed E-state index contributed by atoms with van der Waals surface area (Å²) in [6.45, 7) is 3.82. The van der Waals surface area contributed by atoms with Gasteiger partial charge >= 0.3 is 0 Å². The summed E-state index contributed by atoms with van der Waals surface area (Å²) in [5.74, 6) is 0.952. The van der Waals surface area contributed by atoms with Gasteiger partial charge in [0.15, 0.2) is 15.8 Å². The van der Waals surface area contributed by atoms with E-state index in [0.717, 1.165) is 51.5 Å². The van der Waals surface area contributed by atoms with E-state index in [9.17, 15) is 8.42 Å². The smallest absolute Gasteiger partial charge is 0.193 e. The van der Waals surface area contributed by atoms with Crippen LogP contribution in [0, 0.1) is 0 Å². The summed E-state index contributed by atoms with van der Waals surface area (Å²) in [6, 6.07) is 8.60. The summed E-state index contributed by atoms with van der Waals surface area (Å²) in [7, 11) is 0.234. The molecule has 1 aliphatic heterocycles. The van der Waals surface area contributed by atoms with Gasteiger partial charge in [-0.2, -0.15) is 0 Å². The first kappa shape index (κ1) is 22.6. The molecule has 0 aliphatic carbocycles. The summed E-state index contributed by atoms with van der Waals surface area (Å²) >= 11 is 0. The van der Waals surface area contributed by atoms with E-state index in [1.165, 1.54) is 0 Å². The first-order valence-corrected chi connectivity index (χ1v) is 11.6. The highest BCUT2D eigenvalue weighted by Gasteiger charge is 2.22. The lowest BCUT2D eigenvalue weighted by Gasteiger charge is -2.34. The molecule has 1 N–H and O–H groups in total. The van der Waals surface area contributed by atoms with Crippen molar-refractivity contribution in [2.75, 3.05) is 52.8 Å². The molecule has 8 heteroatoms.